The van der Waals surface area contributed by atoms with Gasteiger partial charge in [-0.05, 0) is 32.1 Å². The van der Waals surface area contributed by atoms with E-state index in [9.17, 15) is 4.79 Å². The molecule has 128 valence electrons. The van der Waals surface area contributed by atoms with Crippen LogP contribution in [0.2, 0.25) is 0 Å². The van der Waals surface area contributed by atoms with Gasteiger partial charge in [0.15, 0.2) is 0 Å². The zero-order valence-corrected chi connectivity index (χ0v) is 15.1. The van der Waals surface area contributed by atoms with Crippen molar-refractivity contribution in [3.63, 3.8) is 0 Å². The van der Waals surface area contributed by atoms with E-state index < -0.39 is 0 Å². The Morgan fingerprint density at radius 1 is 1.48 bits per heavy atom. The Labute approximate surface area is 142 Å². The monoisotopic (exact) mass is 337 g/mol. The van der Waals surface area contributed by atoms with Crippen molar-refractivity contribution in [2.24, 2.45) is 5.92 Å². The molecule has 6 heteroatoms. The van der Waals surface area contributed by atoms with Gasteiger partial charge in [0.05, 0.1) is 36.0 Å². The lowest BCUT2D eigenvalue weighted by Crippen LogP contribution is -2.53. The number of urea groups is 1. The van der Waals surface area contributed by atoms with E-state index >= 15 is 0 Å². The quantitative estimate of drug-likeness (QED) is 0.894. The molecule has 0 radical (unpaired) electrons. The molecule has 0 unspecified atom stereocenters. The lowest BCUT2D eigenvalue weighted by Gasteiger charge is -2.37. The number of nitrogens with zero attached hydrogens (tertiary/aromatic N) is 2. The van der Waals surface area contributed by atoms with E-state index in [1.807, 2.05) is 11.8 Å². The first-order valence-electron chi connectivity index (χ1n) is 8.64. The highest BCUT2D eigenvalue weighted by Crippen LogP contribution is 2.41. The van der Waals surface area contributed by atoms with Crippen LogP contribution in [0.1, 0.15) is 62.7 Å². The van der Waals surface area contributed by atoms with E-state index in [1.165, 1.54) is 17.8 Å². The van der Waals surface area contributed by atoms with Crippen LogP contribution in [0.3, 0.4) is 0 Å². The molecule has 1 aromatic rings. The Morgan fingerprint density at radius 2 is 2.26 bits per heavy atom. The number of ether oxygens (including phenoxy) is 1. The number of hydrogen-bond donors (Lipinski definition) is 1. The largest absolute Gasteiger partial charge is 0.377 e. The first-order valence-corrected chi connectivity index (χ1v) is 9.52. The maximum Gasteiger partial charge on any atom is 0.318 e. The molecule has 1 saturated carbocycles. The highest BCUT2D eigenvalue weighted by atomic mass is 32.1. The second kappa shape index (κ2) is 7.18. The molecule has 1 aromatic heterocycles. The SMILES string of the molecule is CC(C)C[C@H]1COCCN1C(=O)N[C@H](C)c1csc(C2CC2)n1. The number of carbonyl (C=O) groups is 1. The van der Waals surface area contributed by atoms with Crippen molar-refractivity contribution in [2.75, 3.05) is 19.8 Å². The van der Waals surface area contributed by atoms with Gasteiger partial charge in [-0.25, -0.2) is 9.78 Å². The zero-order chi connectivity index (χ0) is 16.4. The van der Waals surface area contributed by atoms with Crippen molar-refractivity contribution in [1.29, 1.82) is 0 Å². The van der Waals surface area contributed by atoms with Crippen LogP contribution in [0.4, 0.5) is 4.79 Å². The number of morpholine rings is 1. The Morgan fingerprint density at radius 3 is 2.96 bits per heavy atom. The molecule has 2 amide bonds. The molecule has 0 bridgehead atoms. The summed E-state index contributed by atoms with van der Waals surface area (Å²) in [5.41, 5.74) is 0.985. The van der Waals surface area contributed by atoms with Gasteiger partial charge in [0.2, 0.25) is 0 Å². The first-order chi connectivity index (χ1) is 11.0. The molecule has 2 fully saturated rings. The maximum absolute atomic E-state index is 12.7. The molecular weight excluding hydrogens is 310 g/mol. The summed E-state index contributed by atoms with van der Waals surface area (Å²) in [5.74, 6) is 1.22. The van der Waals surface area contributed by atoms with Gasteiger partial charge in [-0.15, -0.1) is 11.3 Å². The summed E-state index contributed by atoms with van der Waals surface area (Å²) in [6, 6.07) is 0.134. The van der Waals surface area contributed by atoms with Gasteiger partial charge in [-0.2, -0.15) is 0 Å². The Kier molecular flexibility index (Phi) is 5.21. The summed E-state index contributed by atoms with van der Waals surface area (Å²) < 4.78 is 5.56. The third-order valence-corrected chi connectivity index (χ3v) is 5.51. The minimum atomic E-state index is -0.0474. The van der Waals surface area contributed by atoms with Crippen LogP contribution in [-0.4, -0.2) is 41.7 Å². The van der Waals surface area contributed by atoms with Crippen molar-refractivity contribution in [3.8, 4) is 0 Å². The lowest BCUT2D eigenvalue weighted by molar-refractivity contribution is 0.00507. The van der Waals surface area contributed by atoms with Gasteiger partial charge >= 0.3 is 6.03 Å². The number of nitrogens with one attached hydrogen (secondary N) is 1. The molecule has 5 nitrogen and oxygen atoms in total. The Balaban J connectivity index is 1.59. The average Bonchev–Trinajstić information content (AvgIpc) is 3.24. The minimum Gasteiger partial charge on any atom is -0.377 e. The summed E-state index contributed by atoms with van der Waals surface area (Å²) >= 11 is 1.72. The van der Waals surface area contributed by atoms with Crippen molar-refractivity contribution >= 4 is 17.4 Å². The van der Waals surface area contributed by atoms with Gasteiger partial charge in [-0.1, -0.05) is 13.8 Å². The summed E-state index contributed by atoms with van der Waals surface area (Å²) in [7, 11) is 0. The van der Waals surface area contributed by atoms with Crippen LogP contribution in [0.5, 0.6) is 0 Å². The standard InChI is InChI=1S/C17H27N3O2S/c1-11(2)8-14-9-22-7-6-20(14)17(21)18-12(3)15-10-23-16(19-15)13-4-5-13/h10-14H,4-9H2,1-3H3,(H,18,21)/t12-,14+/m1/s1. The maximum atomic E-state index is 12.7. The van der Waals surface area contributed by atoms with Crippen molar-refractivity contribution in [1.82, 2.24) is 15.2 Å². The van der Waals surface area contributed by atoms with Gasteiger partial charge in [-0.3, -0.25) is 0 Å². The first kappa shape index (κ1) is 16.7. The van der Waals surface area contributed by atoms with Crippen LogP contribution in [0.15, 0.2) is 5.38 Å². The van der Waals surface area contributed by atoms with Crippen molar-refractivity contribution in [2.45, 2.75) is 58.0 Å². The number of thiazole rings is 1. The highest BCUT2D eigenvalue weighted by molar-refractivity contribution is 7.09. The Hall–Kier alpha value is -1.14. The van der Waals surface area contributed by atoms with E-state index in [0.717, 1.165) is 12.1 Å². The van der Waals surface area contributed by atoms with E-state index in [0.29, 0.717) is 31.6 Å². The third-order valence-electron chi connectivity index (χ3n) is 4.48. The molecule has 1 aliphatic carbocycles. The number of aromatic nitrogens is 1. The van der Waals surface area contributed by atoms with Gasteiger partial charge < -0.3 is 15.0 Å². The molecule has 1 saturated heterocycles. The summed E-state index contributed by atoms with van der Waals surface area (Å²) in [6.07, 6.45) is 3.50. The molecule has 2 atom stereocenters. The summed E-state index contributed by atoms with van der Waals surface area (Å²) in [6.45, 7) is 8.31. The predicted molar refractivity (Wildman–Crippen MR) is 91.8 cm³/mol. The van der Waals surface area contributed by atoms with E-state index in [1.54, 1.807) is 11.3 Å². The molecule has 0 aromatic carbocycles. The number of carbonyl (C=O) groups excluding carboxylic acids is 1. The number of hydrogen-bond acceptors (Lipinski definition) is 4. The fraction of sp³-hybridized carbons (Fsp3) is 0.765. The highest BCUT2D eigenvalue weighted by Gasteiger charge is 2.30. The van der Waals surface area contributed by atoms with E-state index in [2.05, 4.69) is 24.5 Å². The summed E-state index contributed by atoms with van der Waals surface area (Å²) in [4.78, 5) is 19.3. The third kappa shape index (κ3) is 4.23. The van der Waals surface area contributed by atoms with Gasteiger partial charge in [0, 0.05) is 17.8 Å². The van der Waals surface area contributed by atoms with Gasteiger partial charge in [0.25, 0.3) is 0 Å². The predicted octanol–water partition coefficient (Wildman–Crippen LogP) is 3.54. The van der Waals surface area contributed by atoms with Gasteiger partial charge in [0.1, 0.15) is 0 Å². The van der Waals surface area contributed by atoms with Crippen LogP contribution < -0.4 is 5.32 Å². The normalized spacial score (nSPS) is 23.1. The number of amides is 2. The topological polar surface area (TPSA) is 54.5 Å². The molecule has 2 aliphatic rings. The molecular formula is C17H27N3O2S. The van der Waals surface area contributed by atoms with Crippen LogP contribution in [0, 0.1) is 5.92 Å². The molecule has 0 spiro atoms. The molecule has 1 N–H and O–H groups in total. The van der Waals surface area contributed by atoms with E-state index in [-0.39, 0.29) is 18.1 Å². The molecule has 3 rings (SSSR count). The van der Waals surface area contributed by atoms with Crippen LogP contribution >= 0.6 is 11.3 Å². The van der Waals surface area contributed by atoms with E-state index in [4.69, 9.17) is 9.72 Å². The van der Waals surface area contributed by atoms with Crippen molar-refractivity contribution in [3.05, 3.63) is 16.1 Å². The Bertz CT molecular complexity index is 542. The second-order valence-electron chi connectivity index (χ2n) is 7.11. The molecule has 1 aliphatic heterocycles. The lowest BCUT2D eigenvalue weighted by atomic mass is 10.0. The molecule has 2 heterocycles. The summed E-state index contributed by atoms with van der Waals surface area (Å²) in [5, 5.41) is 6.43. The fourth-order valence-electron chi connectivity index (χ4n) is 3.02. The zero-order valence-electron chi connectivity index (χ0n) is 14.2. The van der Waals surface area contributed by atoms with Crippen LogP contribution in [-0.2, 0) is 4.74 Å². The number of rotatable bonds is 5. The van der Waals surface area contributed by atoms with Crippen LogP contribution in [0.25, 0.3) is 0 Å². The fourth-order valence-corrected chi connectivity index (χ4v) is 4.11. The smallest absolute Gasteiger partial charge is 0.318 e. The van der Waals surface area contributed by atoms with Crippen molar-refractivity contribution < 1.29 is 9.53 Å². The molecule has 23 heavy (non-hydrogen) atoms. The second-order valence-corrected chi connectivity index (χ2v) is 8.00. The average molecular weight is 337 g/mol. The minimum absolute atomic E-state index is 0.00687.